The van der Waals surface area contributed by atoms with Crippen LogP contribution in [0.25, 0.3) is 10.8 Å². The van der Waals surface area contributed by atoms with E-state index in [1.807, 2.05) is 30.3 Å². The molecule has 0 unspecified atom stereocenters. The molecule has 0 spiro atoms. The van der Waals surface area contributed by atoms with E-state index in [1.54, 1.807) is 29.3 Å². The molecule has 2 atom stereocenters. The molecule has 1 aliphatic heterocycles. The molecule has 2 aliphatic rings. The van der Waals surface area contributed by atoms with Crippen LogP contribution in [0.4, 0.5) is 10.1 Å². The summed E-state index contributed by atoms with van der Waals surface area (Å²) in [5.74, 6) is -1.62. The second-order valence-electron chi connectivity index (χ2n) is 10.5. The van der Waals surface area contributed by atoms with E-state index in [-0.39, 0.29) is 55.9 Å². The summed E-state index contributed by atoms with van der Waals surface area (Å²) in [7, 11) is 0. The normalized spacial score (nSPS) is 22.8. The number of fused-ring (bicyclic) bond motifs is 1. The van der Waals surface area contributed by atoms with Crippen LogP contribution >= 0.6 is 15.9 Å². The van der Waals surface area contributed by atoms with Gasteiger partial charge in [0.15, 0.2) is 0 Å². The Balaban J connectivity index is 1.18. The fourth-order valence-electron chi connectivity index (χ4n) is 5.57. The molecule has 2 amide bonds. The summed E-state index contributed by atoms with van der Waals surface area (Å²) < 4.78 is 21.0. The Morgan fingerprint density at radius 1 is 1.10 bits per heavy atom. The SMILES string of the molecule is O=C(Nc1ccc(CC(=O)N2C[C@@H](F)C[C@H]2COC2CCC(C(=O)O)CC2)cc1Br)c1nccc2ccccc12. The third-order valence-corrected chi connectivity index (χ3v) is 8.41. The number of carbonyl (C=O) groups excluding carboxylic acids is 2. The van der Waals surface area contributed by atoms with Crippen molar-refractivity contribution in [2.75, 3.05) is 18.5 Å². The van der Waals surface area contributed by atoms with E-state index in [0.29, 0.717) is 41.5 Å². The van der Waals surface area contributed by atoms with Gasteiger partial charge in [0.25, 0.3) is 5.91 Å². The topological polar surface area (TPSA) is 109 Å². The van der Waals surface area contributed by atoms with Gasteiger partial charge in [-0.1, -0.05) is 30.3 Å². The number of pyridine rings is 1. The highest BCUT2D eigenvalue weighted by atomic mass is 79.9. The first kappa shape index (κ1) is 28.2. The maximum Gasteiger partial charge on any atom is 0.306 e. The van der Waals surface area contributed by atoms with Crippen molar-refractivity contribution in [1.82, 2.24) is 9.88 Å². The predicted molar refractivity (Wildman–Crippen MR) is 152 cm³/mol. The van der Waals surface area contributed by atoms with Crippen molar-refractivity contribution in [2.24, 2.45) is 5.92 Å². The molecular formula is C30H31BrFN3O5. The zero-order valence-electron chi connectivity index (χ0n) is 21.9. The van der Waals surface area contributed by atoms with Gasteiger partial charge in [-0.2, -0.15) is 0 Å². The molecule has 1 aromatic heterocycles. The minimum absolute atomic E-state index is 0.0337. The fraction of sp³-hybridized carbons (Fsp3) is 0.400. The zero-order valence-corrected chi connectivity index (χ0v) is 23.5. The number of nitrogens with zero attached hydrogens (tertiary/aromatic N) is 2. The summed E-state index contributed by atoms with van der Waals surface area (Å²) in [4.78, 5) is 43.1. The lowest BCUT2D eigenvalue weighted by atomic mass is 9.87. The number of likely N-dealkylation sites (tertiary alicyclic amines) is 1. The van der Waals surface area contributed by atoms with Crippen molar-refractivity contribution in [2.45, 2.75) is 56.8 Å². The van der Waals surface area contributed by atoms with Crippen molar-refractivity contribution in [3.05, 3.63) is 70.5 Å². The van der Waals surface area contributed by atoms with Crippen LogP contribution in [-0.4, -0.2) is 64.2 Å². The van der Waals surface area contributed by atoms with E-state index >= 15 is 0 Å². The van der Waals surface area contributed by atoms with E-state index in [1.165, 1.54) is 0 Å². The monoisotopic (exact) mass is 611 g/mol. The van der Waals surface area contributed by atoms with Gasteiger partial charge in [-0.05, 0) is 70.8 Å². The maximum absolute atomic E-state index is 14.3. The first-order valence-electron chi connectivity index (χ1n) is 13.5. The van der Waals surface area contributed by atoms with E-state index < -0.39 is 12.1 Å². The first-order chi connectivity index (χ1) is 19.3. The Hall–Kier alpha value is -3.37. The minimum atomic E-state index is -1.10. The Bertz CT molecular complexity index is 1410. The van der Waals surface area contributed by atoms with Gasteiger partial charge in [-0.25, -0.2) is 4.39 Å². The Labute approximate surface area is 240 Å². The van der Waals surface area contributed by atoms with E-state index in [0.717, 1.165) is 16.3 Å². The summed E-state index contributed by atoms with van der Waals surface area (Å²) in [5.41, 5.74) is 1.60. The van der Waals surface area contributed by atoms with Crippen molar-refractivity contribution < 1.29 is 28.6 Å². The van der Waals surface area contributed by atoms with Gasteiger partial charge in [0.2, 0.25) is 5.91 Å². The van der Waals surface area contributed by atoms with Gasteiger partial charge < -0.3 is 20.1 Å². The lowest BCUT2D eigenvalue weighted by Gasteiger charge is -2.29. The van der Waals surface area contributed by atoms with E-state index in [4.69, 9.17) is 4.74 Å². The average molecular weight is 612 g/mol. The number of anilines is 1. The Kier molecular flexibility index (Phi) is 8.75. The molecule has 3 aromatic rings. The number of nitrogens with one attached hydrogen (secondary N) is 1. The molecule has 0 bridgehead atoms. The molecule has 2 aromatic carbocycles. The van der Waals surface area contributed by atoms with Crippen LogP contribution in [0, 0.1) is 5.92 Å². The van der Waals surface area contributed by atoms with Crippen molar-refractivity contribution in [1.29, 1.82) is 0 Å². The highest BCUT2D eigenvalue weighted by molar-refractivity contribution is 9.10. The van der Waals surface area contributed by atoms with Crippen molar-refractivity contribution in [3.63, 3.8) is 0 Å². The first-order valence-corrected chi connectivity index (χ1v) is 14.3. The third kappa shape index (κ3) is 6.50. The standard InChI is InChI=1S/C30H31BrFN3O5/c31-25-13-18(5-10-26(25)34-29(37)28-24-4-2-1-3-19(24)11-12-33-28)14-27(36)35-16-21(32)15-22(35)17-40-23-8-6-20(7-9-23)30(38)39/h1-5,10-13,20-23H,6-9,14-17H2,(H,34,37)(H,38,39)/t20?,21-,22-,23?/m0/s1. The molecule has 10 heteroatoms. The fourth-order valence-corrected chi connectivity index (χ4v) is 6.10. The highest BCUT2D eigenvalue weighted by Crippen LogP contribution is 2.29. The number of amides is 2. The van der Waals surface area contributed by atoms with Gasteiger partial charge in [0, 0.05) is 22.5 Å². The molecule has 2 fully saturated rings. The molecule has 1 saturated heterocycles. The average Bonchev–Trinajstić information content (AvgIpc) is 3.33. The number of carbonyl (C=O) groups is 3. The second kappa shape index (κ2) is 12.4. The van der Waals surface area contributed by atoms with Gasteiger partial charge in [-0.15, -0.1) is 0 Å². The molecule has 1 saturated carbocycles. The molecule has 0 radical (unpaired) electrons. The molecule has 8 nitrogen and oxygen atoms in total. The van der Waals surface area contributed by atoms with Crippen LogP contribution in [0.2, 0.25) is 0 Å². The van der Waals surface area contributed by atoms with Gasteiger partial charge in [0.05, 0.1) is 43.3 Å². The number of hydrogen-bond acceptors (Lipinski definition) is 5. The molecule has 210 valence electrons. The van der Waals surface area contributed by atoms with Gasteiger partial charge >= 0.3 is 5.97 Å². The Morgan fingerprint density at radius 2 is 1.88 bits per heavy atom. The number of carboxylic acids is 1. The second-order valence-corrected chi connectivity index (χ2v) is 11.4. The highest BCUT2D eigenvalue weighted by Gasteiger charge is 2.36. The number of aliphatic carboxylic acids is 1. The van der Waals surface area contributed by atoms with Crippen LogP contribution in [-0.2, 0) is 20.7 Å². The third-order valence-electron chi connectivity index (χ3n) is 7.76. The lowest BCUT2D eigenvalue weighted by molar-refractivity contribution is -0.144. The largest absolute Gasteiger partial charge is 0.481 e. The molecule has 2 N–H and O–H groups in total. The lowest BCUT2D eigenvalue weighted by Crippen LogP contribution is -2.40. The minimum Gasteiger partial charge on any atom is -0.481 e. The molecule has 1 aliphatic carbocycles. The number of alkyl halides is 1. The van der Waals surface area contributed by atoms with Crippen LogP contribution in [0.5, 0.6) is 0 Å². The predicted octanol–water partition coefficient (Wildman–Crippen LogP) is 5.39. The summed E-state index contributed by atoms with van der Waals surface area (Å²) in [6.07, 6.45) is 3.21. The summed E-state index contributed by atoms with van der Waals surface area (Å²) >= 11 is 3.50. The summed E-state index contributed by atoms with van der Waals surface area (Å²) in [6, 6.07) is 14.3. The molecule has 2 heterocycles. The molecule has 5 rings (SSSR count). The number of rotatable bonds is 8. The number of halogens is 2. The van der Waals surface area contributed by atoms with Crippen molar-refractivity contribution in [3.8, 4) is 0 Å². The number of benzene rings is 2. The smallest absolute Gasteiger partial charge is 0.306 e. The number of aromatic nitrogens is 1. The summed E-state index contributed by atoms with van der Waals surface area (Å²) in [5, 5.41) is 13.7. The number of hydrogen-bond donors (Lipinski definition) is 2. The molecular weight excluding hydrogens is 581 g/mol. The van der Waals surface area contributed by atoms with E-state index in [2.05, 4.69) is 26.2 Å². The van der Waals surface area contributed by atoms with Crippen molar-refractivity contribution >= 4 is 50.2 Å². The van der Waals surface area contributed by atoms with Crippen LogP contribution in [0.15, 0.2) is 59.2 Å². The maximum atomic E-state index is 14.3. The van der Waals surface area contributed by atoms with Crippen LogP contribution < -0.4 is 5.32 Å². The zero-order chi connectivity index (χ0) is 28.2. The van der Waals surface area contributed by atoms with Gasteiger partial charge in [-0.3, -0.25) is 19.4 Å². The number of carboxylic acid groups (broad SMARTS) is 1. The van der Waals surface area contributed by atoms with Gasteiger partial charge in [0.1, 0.15) is 11.9 Å². The summed E-state index contributed by atoms with van der Waals surface area (Å²) in [6.45, 7) is 0.275. The Morgan fingerprint density at radius 3 is 2.62 bits per heavy atom. The van der Waals surface area contributed by atoms with Crippen LogP contribution in [0.1, 0.15) is 48.2 Å². The number of ether oxygens (including phenoxy) is 1. The van der Waals surface area contributed by atoms with E-state index in [9.17, 15) is 23.9 Å². The quantitative estimate of drug-likeness (QED) is 0.353. The molecule has 40 heavy (non-hydrogen) atoms. The van der Waals surface area contributed by atoms with Crippen LogP contribution in [0.3, 0.4) is 0 Å².